The van der Waals surface area contributed by atoms with Gasteiger partial charge < -0.3 is 10.1 Å². The molecule has 0 unspecified atom stereocenters. The first-order valence-electron chi connectivity index (χ1n) is 8.46. The van der Waals surface area contributed by atoms with E-state index in [0.717, 1.165) is 6.26 Å². The minimum atomic E-state index is -3.55. The van der Waals surface area contributed by atoms with Gasteiger partial charge in [0.1, 0.15) is 5.75 Å². The molecule has 1 atom stereocenters. The third-order valence-electron chi connectivity index (χ3n) is 4.45. The highest BCUT2D eigenvalue weighted by Crippen LogP contribution is 2.34. The SMILES string of the molecule is Cc1c(NC(=O)[C@@H]2CCN(S(C)(=O)=O)c3ccccc3O2)cccc1[N+](=O)[O-]. The van der Waals surface area contributed by atoms with Gasteiger partial charge in [-0.15, -0.1) is 0 Å². The van der Waals surface area contributed by atoms with Crippen molar-refractivity contribution in [3.8, 4) is 5.75 Å². The third kappa shape index (κ3) is 3.91. The molecule has 3 rings (SSSR count). The number of sulfonamides is 1. The Kier molecular flexibility index (Phi) is 5.23. The average Bonchev–Trinajstić information content (AvgIpc) is 2.82. The molecule has 0 aromatic heterocycles. The van der Waals surface area contributed by atoms with Gasteiger partial charge in [0.05, 0.1) is 28.1 Å². The van der Waals surface area contributed by atoms with E-state index in [4.69, 9.17) is 4.74 Å². The number of nitrogens with zero attached hydrogens (tertiary/aromatic N) is 2. The molecule has 2 aromatic rings. The van der Waals surface area contributed by atoms with Crippen LogP contribution in [0.4, 0.5) is 17.1 Å². The third-order valence-corrected chi connectivity index (χ3v) is 5.63. The molecule has 0 spiro atoms. The zero-order valence-corrected chi connectivity index (χ0v) is 16.1. The van der Waals surface area contributed by atoms with Crippen molar-refractivity contribution in [2.24, 2.45) is 0 Å². The van der Waals surface area contributed by atoms with E-state index in [-0.39, 0.29) is 24.4 Å². The fourth-order valence-corrected chi connectivity index (χ4v) is 3.97. The van der Waals surface area contributed by atoms with Crippen molar-refractivity contribution in [2.75, 3.05) is 22.4 Å². The molecule has 0 saturated carbocycles. The lowest BCUT2D eigenvalue weighted by molar-refractivity contribution is -0.385. The van der Waals surface area contributed by atoms with Gasteiger partial charge in [-0.2, -0.15) is 0 Å². The van der Waals surface area contributed by atoms with Gasteiger partial charge >= 0.3 is 0 Å². The number of nitrogens with one attached hydrogen (secondary N) is 1. The fraction of sp³-hybridized carbons (Fsp3) is 0.278. The van der Waals surface area contributed by atoms with Gasteiger partial charge in [0.2, 0.25) is 10.0 Å². The van der Waals surface area contributed by atoms with Gasteiger partial charge in [0.25, 0.3) is 11.6 Å². The molecule has 1 N–H and O–H groups in total. The lowest BCUT2D eigenvalue weighted by atomic mass is 10.1. The monoisotopic (exact) mass is 405 g/mol. The van der Waals surface area contributed by atoms with Gasteiger partial charge in [-0.25, -0.2) is 8.42 Å². The molecule has 0 radical (unpaired) electrons. The fourth-order valence-electron chi connectivity index (χ4n) is 3.03. The van der Waals surface area contributed by atoms with Crippen LogP contribution in [0.3, 0.4) is 0 Å². The van der Waals surface area contributed by atoms with Crippen molar-refractivity contribution in [1.29, 1.82) is 0 Å². The smallest absolute Gasteiger partial charge is 0.274 e. The van der Waals surface area contributed by atoms with Crippen LogP contribution in [0.15, 0.2) is 42.5 Å². The minimum absolute atomic E-state index is 0.0713. The van der Waals surface area contributed by atoms with Crippen LogP contribution in [0.25, 0.3) is 0 Å². The Balaban J connectivity index is 1.87. The highest BCUT2D eigenvalue weighted by Gasteiger charge is 2.31. The van der Waals surface area contributed by atoms with Crippen LogP contribution < -0.4 is 14.4 Å². The van der Waals surface area contributed by atoms with E-state index in [0.29, 0.717) is 16.9 Å². The molecule has 1 heterocycles. The van der Waals surface area contributed by atoms with E-state index in [9.17, 15) is 23.3 Å². The molecule has 0 bridgehead atoms. The van der Waals surface area contributed by atoms with E-state index in [1.165, 1.54) is 16.4 Å². The van der Waals surface area contributed by atoms with Crippen LogP contribution in [0.2, 0.25) is 0 Å². The number of amides is 1. The second kappa shape index (κ2) is 7.47. The first-order chi connectivity index (χ1) is 13.2. The number of hydrogen-bond donors (Lipinski definition) is 1. The zero-order chi connectivity index (χ0) is 20.5. The van der Waals surface area contributed by atoms with Crippen molar-refractivity contribution in [2.45, 2.75) is 19.4 Å². The normalized spacial score (nSPS) is 16.5. The van der Waals surface area contributed by atoms with Gasteiger partial charge in [0, 0.05) is 19.0 Å². The Bertz CT molecular complexity index is 1040. The molecule has 1 aliphatic heterocycles. The van der Waals surface area contributed by atoms with Crippen LogP contribution in [0.5, 0.6) is 5.75 Å². The maximum atomic E-state index is 12.7. The number of benzene rings is 2. The second-order valence-corrected chi connectivity index (χ2v) is 8.30. The number of para-hydroxylation sites is 2. The van der Waals surface area contributed by atoms with Gasteiger partial charge in [0.15, 0.2) is 6.10 Å². The summed E-state index contributed by atoms with van der Waals surface area (Å²) in [4.78, 5) is 23.3. The van der Waals surface area contributed by atoms with E-state index in [1.807, 2.05) is 0 Å². The summed E-state index contributed by atoms with van der Waals surface area (Å²) in [6.45, 7) is 1.62. The molecule has 2 aromatic carbocycles. The Labute approximate surface area is 162 Å². The summed E-state index contributed by atoms with van der Waals surface area (Å²) in [7, 11) is -3.55. The number of nitro groups is 1. The average molecular weight is 405 g/mol. The predicted molar refractivity (Wildman–Crippen MR) is 104 cm³/mol. The van der Waals surface area contributed by atoms with Crippen LogP contribution in [-0.2, 0) is 14.8 Å². The van der Waals surface area contributed by atoms with Gasteiger partial charge in [-0.05, 0) is 25.1 Å². The number of anilines is 2. The van der Waals surface area contributed by atoms with E-state index >= 15 is 0 Å². The summed E-state index contributed by atoms with van der Waals surface area (Å²) < 4.78 is 31.2. The quantitative estimate of drug-likeness (QED) is 0.616. The molecule has 10 heteroatoms. The lowest BCUT2D eigenvalue weighted by Crippen LogP contribution is -2.36. The number of carbonyl (C=O) groups excluding carboxylic acids is 1. The summed E-state index contributed by atoms with van der Waals surface area (Å²) >= 11 is 0. The zero-order valence-electron chi connectivity index (χ0n) is 15.3. The van der Waals surface area contributed by atoms with E-state index in [1.54, 1.807) is 37.3 Å². The Morgan fingerprint density at radius 1 is 1.25 bits per heavy atom. The van der Waals surface area contributed by atoms with Crippen LogP contribution in [0, 0.1) is 17.0 Å². The van der Waals surface area contributed by atoms with Crippen LogP contribution in [0.1, 0.15) is 12.0 Å². The van der Waals surface area contributed by atoms with Gasteiger partial charge in [-0.1, -0.05) is 18.2 Å². The predicted octanol–water partition coefficient (Wildman–Crippen LogP) is 2.46. The van der Waals surface area contributed by atoms with Crippen LogP contribution in [-0.4, -0.2) is 38.2 Å². The molecule has 0 saturated heterocycles. The molecule has 0 fully saturated rings. The number of carbonyl (C=O) groups is 1. The van der Waals surface area contributed by atoms with Crippen LogP contribution >= 0.6 is 0 Å². The number of nitro benzene ring substituents is 1. The molecular formula is C18H19N3O6S. The summed E-state index contributed by atoms with van der Waals surface area (Å²) in [5.41, 5.74) is 0.896. The Morgan fingerprint density at radius 2 is 1.96 bits per heavy atom. The summed E-state index contributed by atoms with van der Waals surface area (Å²) in [6, 6.07) is 11.0. The minimum Gasteiger partial charge on any atom is -0.478 e. The maximum absolute atomic E-state index is 12.7. The largest absolute Gasteiger partial charge is 0.478 e. The number of hydrogen-bond acceptors (Lipinski definition) is 6. The maximum Gasteiger partial charge on any atom is 0.274 e. The molecule has 28 heavy (non-hydrogen) atoms. The summed E-state index contributed by atoms with van der Waals surface area (Å²) in [5, 5.41) is 13.7. The molecule has 1 amide bonds. The lowest BCUT2D eigenvalue weighted by Gasteiger charge is -2.20. The highest BCUT2D eigenvalue weighted by atomic mass is 32.2. The van der Waals surface area contributed by atoms with Gasteiger partial charge in [-0.3, -0.25) is 19.2 Å². The Hall–Kier alpha value is -3.14. The summed E-state index contributed by atoms with van der Waals surface area (Å²) in [5.74, 6) is -0.227. The Morgan fingerprint density at radius 3 is 2.64 bits per heavy atom. The summed E-state index contributed by atoms with van der Waals surface area (Å²) in [6.07, 6.45) is 0.268. The number of fused-ring (bicyclic) bond motifs is 1. The van der Waals surface area contributed by atoms with Crippen molar-refractivity contribution >= 4 is 33.0 Å². The topological polar surface area (TPSA) is 119 Å². The molecule has 9 nitrogen and oxygen atoms in total. The van der Waals surface area contributed by atoms with Crippen molar-refractivity contribution in [3.63, 3.8) is 0 Å². The number of ether oxygens (including phenoxy) is 1. The second-order valence-electron chi connectivity index (χ2n) is 6.39. The molecular weight excluding hydrogens is 386 g/mol. The first-order valence-corrected chi connectivity index (χ1v) is 10.3. The van der Waals surface area contributed by atoms with Crippen molar-refractivity contribution in [1.82, 2.24) is 0 Å². The van der Waals surface area contributed by atoms with E-state index < -0.39 is 27.0 Å². The molecule has 0 aliphatic carbocycles. The standard InChI is InChI=1S/C18H19N3O6S/c1-12-13(6-5-8-14(12)21(23)24)19-18(22)17-10-11-20(28(2,25)26)15-7-3-4-9-16(15)27-17/h3-9,17H,10-11H2,1-2H3,(H,19,22)/t17-/m0/s1. The molecule has 148 valence electrons. The highest BCUT2D eigenvalue weighted by molar-refractivity contribution is 7.92. The number of rotatable bonds is 4. The van der Waals surface area contributed by atoms with E-state index in [2.05, 4.69) is 5.32 Å². The van der Waals surface area contributed by atoms with Crippen molar-refractivity contribution in [3.05, 3.63) is 58.1 Å². The van der Waals surface area contributed by atoms with Crippen molar-refractivity contribution < 1.29 is 22.9 Å². The first kappa shape index (κ1) is 19.6. The molecule has 1 aliphatic rings.